The quantitative estimate of drug-likeness (QED) is 0.749. The molecule has 5 heteroatoms. The van der Waals surface area contributed by atoms with E-state index in [0.717, 1.165) is 41.5 Å². The normalized spacial score (nSPS) is 13.4. The van der Waals surface area contributed by atoms with Crippen LogP contribution in [0.15, 0.2) is 48.5 Å². The van der Waals surface area contributed by atoms with E-state index >= 15 is 0 Å². The van der Waals surface area contributed by atoms with Gasteiger partial charge in [0.15, 0.2) is 0 Å². The highest BCUT2D eigenvalue weighted by molar-refractivity contribution is 5.74. The second kappa shape index (κ2) is 7.35. The molecule has 5 nitrogen and oxygen atoms in total. The maximum Gasteiger partial charge on any atom is 0.133 e. The number of fused-ring (bicyclic) bond motifs is 1. The fourth-order valence-electron chi connectivity index (χ4n) is 3.58. The summed E-state index contributed by atoms with van der Waals surface area (Å²) >= 11 is 0. The Morgan fingerprint density at radius 2 is 1.89 bits per heavy atom. The van der Waals surface area contributed by atoms with Crippen molar-refractivity contribution in [3.63, 3.8) is 0 Å². The van der Waals surface area contributed by atoms with Crippen molar-refractivity contribution in [3.8, 4) is 22.7 Å². The Labute approximate surface area is 160 Å². The van der Waals surface area contributed by atoms with Gasteiger partial charge in [-0.2, -0.15) is 5.10 Å². The summed E-state index contributed by atoms with van der Waals surface area (Å²) in [6.45, 7) is 0.978. The Bertz CT molecular complexity index is 928. The summed E-state index contributed by atoms with van der Waals surface area (Å²) in [5.41, 5.74) is 5.75. The minimum absolute atomic E-state index is 0.851. The highest BCUT2D eigenvalue weighted by Crippen LogP contribution is 2.35. The molecule has 0 saturated carbocycles. The van der Waals surface area contributed by atoms with Crippen LogP contribution in [0.1, 0.15) is 18.4 Å². The van der Waals surface area contributed by atoms with Crippen molar-refractivity contribution in [2.24, 2.45) is 0 Å². The van der Waals surface area contributed by atoms with E-state index in [0.29, 0.717) is 0 Å². The molecule has 0 saturated heterocycles. The maximum atomic E-state index is 5.30. The van der Waals surface area contributed by atoms with Crippen molar-refractivity contribution in [3.05, 3.63) is 54.1 Å². The van der Waals surface area contributed by atoms with Crippen LogP contribution in [0.25, 0.3) is 16.9 Å². The SMILES string of the molecule is COc1ccc(-n2nc(-c3cccc(N(C)C)c3)c3c2NCCCC3)cc1. The van der Waals surface area contributed by atoms with Crippen LogP contribution in [0.3, 0.4) is 0 Å². The summed E-state index contributed by atoms with van der Waals surface area (Å²) in [5.74, 6) is 1.96. The third kappa shape index (κ3) is 3.37. The summed E-state index contributed by atoms with van der Waals surface area (Å²) in [5, 5.41) is 8.63. The van der Waals surface area contributed by atoms with Gasteiger partial charge < -0.3 is 15.0 Å². The second-order valence-electron chi connectivity index (χ2n) is 7.11. The van der Waals surface area contributed by atoms with Gasteiger partial charge >= 0.3 is 0 Å². The summed E-state index contributed by atoms with van der Waals surface area (Å²) in [4.78, 5) is 2.13. The van der Waals surface area contributed by atoms with Gasteiger partial charge in [0.2, 0.25) is 0 Å². The third-order valence-electron chi connectivity index (χ3n) is 5.08. The minimum Gasteiger partial charge on any atom is -0.497 e. The van der Waals surface area contributed by atoms with Gasteiger partial charge in [0.25, 0.3) is 0 Å². The van der Waals surface area contributed by atoms with Crippen molar-refractivity contribution >= 4 is 11.5 Å². The van der Waals surface area contributed by atoms with Crippen LogP contribution in [0.5, 0.6) is 5.75 Å². The average Bonchev–Trinajstić information content (AvgIpc) is 2.89. The molecule has 2 heterocycles. The highest BCUT2D eigenvalue weighted by Gasteiger charge is 2.22. The lowest BCUT2D eigenvalue weighted by molar-refractivity contribution is 0.414. The van der Waals surface area contributed by atoms with E-state index in [2.05, 4.69) is 60.7 Å². The second-order valence-corrected chi connectivity index (χ2v) is 7.11. The minimum atomic E-state index is 0.851. The number of nitrogens with one attached hydrogen (secondary N) is 1. The molecule has 0 atom stereocenters. The lowest BCUT2D eigenvalue weighted by atomic mass is 10.0. The van der Waals surface area contributed by atoms with Crippen LogP contribution >= 0.6 is 0 Å². The molecule has 1 N–H and O–H groups in total. The monoisotopic (exact) mass is 362 g/mol. The Morgan fingerprint density at radius 1 is 1.07 bits per heavy atom. The number of hydrogen-bond acceptors (Lipinski definition) is 4. The molecule has 1 aliphatic rings. The number of benzene rings is 2. The van der Waals surface area contributed by atoms with E-state index < -0.39 is 0 Å². The van der Waals surface area contributed by atoms with Crippen LogP contribution < -0.4 is 15.0 Å². The molecule has 4 rings (SSSR count). The first-order valence-corrected chi connectivity index (χ1v) is 9.45. The summed E-state index contributed by atoms with van der Waals surface area (Å²) in [6, 6.07) is 16.7. The molecule has 1 aromatic heterocycles. The van der Waals surface area contributed by atoms with Gasteiger partial charge in [-0.3, -0.25) is 0 Å². The molecule has 0 spiro atoms. The van der Waals surface area contributed by atoms with Crippen LogP contribution in [-0.2, 0) is 6.42 Å². The van der Waals surface area contributed by atoms with Gasteiger partial charge in [0.1, 0.15) is 11.6 Å². The standard InChI is InChI=1S/C22H26N4O/c1-25(2)18-8-6-7-16(15-18)21-20-9-4-5-14-23-22(20)26(24-21)17-10-12-19(27-3)13-11-17/h6-8,10-13,15,23H,4-5,9,14H2,1-3H3. The number of anilines is 2. The molecule has 0 amide bonds. The van der Waals surface area contributed by atoms with Gasteiger partial charge in [-0.15, -0.1) is 0 Å². The van der Waals surface area contributed by atoms with Crippen molar-refractivity contribution in [2.75, 3.05) is 38.0 Å². The molecule has 0 aliphatic carbocycles. The van der Waals surface area contributed by atoms with Gasteiger partial charge in [-0.25, -0.2) is 4.68 Å². The van der Waals surface area contributed by atoms with Crippen LogP contribution in [0.4, 0.5) is 11.5 Å². The molecular formula is C22H26N4O. The Kier molecular flexibility index (Phi) is 4.75. The van der Waals surface area contributed by atoms with Gasteiger partial charge in [-0.05, 0) is 55.7 Å². The molecule has 0 fully saturated rings. The Morgan fingerprint density at radius 3 is 2.63 bits per heavy atom. The molecule has 2 aromatic carbocycles. The van der Waals surface area contributed by atoms with Crippen molar-refractivity contribution in [2.45, 2.75) is 19.3 Å². The molecule has 0 radical (unpaired) electrons. The Hall–Kier alpha value is -2.95. The molecule has 27 heavy (non-hydrogen) atoms. The maximum absolute atomic E-state index is 5.30. The summed E-state index contributed by atoms with van der Waals surface area (Å²) < 4.78 is 7.34. The first kappa shape index (κ1) is 17.5. The summed E-state index contributed by atoms with van der Waals surface area (Å²) in [7, 11) is 5.82. The first-order chi connectivity index (χ1) is 13.2. The fraction of sp³-hybridized carbons (Fsp3) is 0.318. The largest absolute Gasteiger partial charge is 0.497 e. The molecule has 140 valence electrons. The average molecular weight is 362 g/mol. The van der Waals surface area contributed by atoms with Crippen LogP contribution in [0.2, 0.25) is 0 Å². The van der Waals surface area contributed by atoms with Gasteiger partial charge in [0.05, 0.1) is 18.5 Å². The van der Waals surface area contributed by atoms with Crippen molar-refractivity contribution in [1.82, 2.24) is 9.78 Å². The van der Waals surface area contributed by atoms with E-state index in [1.807, 2.05) is 16.8 Å². The number of aromatic nitrogens is 2. The smallest absolute Gasteiger partial charge is 0.133 e. The molecule has 3 aromatic rings. The number of ether oxygens (including phenoxy) is 1. The number of nitrogens with zero attached hydrogens (tertiary/aromatic N) is 3. The fourth-order valence-corrected chi connectivity index (χ4v) is 3.58. The molecule has 1 aliphatic heterocycles. The van der Waals surface area contributed by atoms with E-state index in [1.165, 1.54) is 24.1 Å². The zero-order valence-electron chi connectivity index (χ0n) is 16.2. The molecule has 0 bridgehead atoms. The number of hydrogen-bond donors (Lipinski definition) is 1. The van der Waals surface area contributed by atoms with E-state index in [4.69, 9.17) is 9.84 Å². The van der Waals surface area contributed by atoms with E-state index in [-0.39, 0.29) is 0 Å². The molecule has 0 unspecified atom stereocenters. The van der Waals surface area contributed by atoms with Crippen LogP contribution in [0, 0.1) is 0 Å². The predicted molar refractivity (Wildman–Crippen MR) is 111 cm³/mol. The lowest BCUT2D eigenvalue weighted by Crippen LogP contribution is -2.08. The zero-order chi connectivity index (χ0) is 18.8. The number of methoxy groups -OCH3 is 1. The third-order valence-corrected chi connectivity index (χ3v) is 5.08. The van der Waals surface area contributed by atoms with Crippen molar-refractivity contribution in [1.29, 1.82) is 0 Å². The Balaban J connectivity index is 1.85. The lowest BCUT2D eigenvalue weighted by Gasteiger charge is -2.13. The van der Waals surface area contributed by atoms with Gasteiger partial charge in [0, 0.05) is 37.5 Å². The molecular weight excluding hydrogens is 336 g/mol. The van der Waals surface area contributed by atoms with Gasteiger partial charge in [-0.1, -0.05) is 12.1 Å². The highest BCUT2D eigenvalue weighted by atomic mass is 16.5. The predicted octanol–water partition coefficient (Wildman–Crippen LogP) is 4.36. The first-order valence-electron chi connectivity index (χ1n) is 9.45. The number of rotatable bonds is 4. The summed E-state index contributed by atoms with van der Waals surface area (Å²) in [6.07, 6.45) is 3.39. The van der Waals surface area contributed by atoms with Crippen molar-refractivity contribution < 1.29 is 4.74 Å². The van der Waals surface area contributed by atoms with Crippen LogP contribution in [-0.4, -0.2) is 37.5 Å². The van der Waals surface area contributed by atoms with E-state index in [9.17, 15) is 0 Å². The van der Waals surface area contributed by atoms with E-state index in [1.54, 1.807) is 7.11 Å². The topological polar surface area (TPSA) is 42.3 Å². The zero-order valence-corrected chi connectivity index (χ0v) is 16.2.